The van der Waals surface area contributed by atoms with E-state index in [1.807, 2.05) is 0 Å². The number of hydrogen-bond acceptors (Lipinski definition) is 1. The van der Waals surface area contributed by atoms with Gasteiger partial charge in [0, 0.05) is 0 Å². The largest absolute Gasteiger partial charge is 0.385 e. The van der Waals surface area contributed by atoms with Gasteiger partial charge in [0.2, 0.25) is 0 Å². The third-order valence-corrected chi connectivity index (χ3v) is 6.90. The summed E-state index contributed by atoms with van der Waals surface area (Å²) in [6.07, 6.45) is 10.6. The maximum absolute atomic E-state index is 11.9. The SMILES string of the molecule is Cc1ccccc1C1(O)[C@@H]2CCCC[C@H]2[C@H]2CCCC[C@@H]21. The maximum atomic E-state index is 11.9. The van der Waals surface area contributed by atoms with Crippen molar-refractivity contribution in [2.75, 3.05) is 0 Å². The minimum Gasteiger partial charge on any atom is -0.385 e. The van der Waals surface area contributed by atoms with Crippen LogP contribution in [0.25, 0.3) is 0 Å². The van der Waals surface area contributed by atoms with Crippen molar-refractivity contribution in [1.29, 1.82) is 0 Å². The fourth-order valence-electron chi connectivity index (χ4n) is 6.13. The predicted molar refractivity (Wildman–Crippen MR) is 86.0 cm³/mol. The summed E-state index contributed by atoms with van der Waals surface area (Å²) < 4.78 is 0. The molecule has 0 radical (unpaired) electrons. The molecule has 3 saturated carbocycles. The Morgan fingerprint density at radius 2 is 1.38 bits per heavy atom. The van der Waals surface area contributed by atoms with Crippen LogP contribution in [0.2, 0.25) is 0 Å². The van der Waals surface area contributed by atoms with Crippen molar-refractivity contribution in [3.63, 3.8) is 0 Å². The van der Waals surface area contributed by atoms with E-state index >= 15 is 0 Å². The molecule has 1 heteroatoms. The molecule has 1 aromatic carbocycles. The molecule has 114 valence electrons. The third-order valence-electron chi connectivity index (χ3n) is 6.90. The second-order valence-electron chi connectivity index (χ2n) is 7.75. The van der Waals surface area contributed by atoms with Crippen LogP contribution < -0.4 is 0 Å². The summed E-state index contributed by atoms with van der Waals surface area (Å²) in [5, 5.41) is 11.9. The summed E-state index contributed by atoms with van der Waals surface area (Å²) in [5.41, 5.74) is 1.99. The number of fused-ring (bicyclic) bond motifs is 3. The fraction of sp³-hybridized carbons (Fsp3) is 0.700. The molecule has 1 nitrogen and oxygen atoms in total. The molecule has 3 aliphatic rings. The Bertz CT molecular complexity index is 498. The van der Waals surface area contributed by atoms with Gasteiger partial charge in [0.25, 0.3) is 0 Å². The van der Waals surface area contributed by atoms with Gasteiger partial charge in [-0.25, -0.2) is 0 Å². The van der Waals surface area contributed by atoms with Gasteiger partial charge in [-0.2, -0.15) is 0 Å². The maximum Gasteiger partial charge on any atom is 0.0960 e. The van der Waals surface area contributed by atoms with E-state index in [1.54, 1.807) is 0 Å². The summed E-state index contributed by atoms with van der Waals surface area (Å²) >= 11 is 0. The molecule has 4 rings (SSSR count). The van der Waals surface area contributed by atoms with E-state index in [-0.39, 0.29) is 0 Å². The summed E-state index contributed by atoms with van der Waals surface area (Å²) in [6, 6.07) is 8.61. The van der Waals surface area contributed by atoms with Crippen LogP contribution >= 0.6 is 0 Å². The minimum absolute atomic E-state index is 0.514. The topological polar surface area (TPSA) is 20.2 Å². The Morgan fingerprint density at radius 3 is 1.95 bits per heavy atom. The zero-order valence-electron chi connectivity index (χ0n) is 13.2. The molecule has 0 aliphatic heterocycles. The lowest BCUT2D eigenvalue weighted by molar-refractivity contribution is -0.0655. The first-order valence-corrected chi connectivity index (χ1v) is 9.01. The molecule has 5 atom stereocenters. The molecule has 3 fully saturated rings. The van der Waals surface area contributed by atoms with Crippen molar-refractivity contribution >= 4 is 0 Å². The average Bonchev–Trinajstić information content (AvgIpc) is 2.79. The lowest BCUT2D eigenvalue weighted by Crippen LogP contribution is -2.40. The van der Waals surface area contributed by atoms with Gasteiger partial charge in [-0.1, -0.05) is 49.9 Å². The normalized spacial score (nSPS) is 42.4. The van der Waals surface area contributed by atoms with Crippen molar-refractivity contribution < 1.29 is 5.11 Å². The van der Waals surface area contributed by atoms with E-state index in [9.17, 15) is 5.11 Å². The van der Waals surface area contributed by atoms with Crippen LogP contribution in [-0.4, -0.2) is 5.11 Å². The molecule has 0 bridgehead atoms. The van der Waals surface area contributed by atoms with E-state index in [0.717, 1.165) is 11.8 Å². The van der Waals surface area contributed by atoms with Crippen LogP contribution in [0.15, 0.2) is 24.3 Å². The Morgan fingerprint density at radius 1 is 0.857 bits per heavy atom. The van der Waals surface area contributed by atoms with Gasteiger partial charge in [-0.15, -0.1) is 0 Å². The Hall–Kier alpha value is -0.820. The van der Waals surface area contributed by atoms with Crippen LogP contribution in [0.1, 0.15) is 62.5 Å². The monoisotopic (exact) mass is 284 g/mol. The van der Waals surface area contributed by atoms with Gasteiger partial charge < -0.3 is 5.11 Å². The number of aryl methyl sites for hydroxylation is 1. The highest BCUT2D eigenvalue weighted by atomic mass is 16.3. The first kappa shape index (κ1) is 13.8. The zero-order chi connectivity index (χ0) is 14.4. The zero-order valence-corrected chi connectivity index (χ0v) is 13.2. The van der Waals surface area contributed by atoms with Gasteiger partial charge in [0.15, 0.2) is 0 Å². The molecule has 3 aliphatic carbocycles. The molecular weight excluding hydrogens is 256 g/mol. The molecule has 0 amide bonds. The van der Waals surface area contributed by atoms with Gasteiger partial charge in [0.1, 0.15) is 0 Å². The molecule has 1 N–H and O–H groups in total. The molecule has 0 saturated heterocycles. The number of hydrogen-bond donors (Lipinski definition) is 1. The van der Waals surface area contributed by atoms with Crippen LogP contribution in [0.3, 0.4) is 0 Å². The van der Waals surface area contributed by atoms with Crippen LogP contribution in [0.5, 0.6) is 0 Å². The Balaban J connectivity index is 1.82. The van der Waals surface area contributed by atoms with Crippen LogP contribution in [-0.2, 0) is 5.60 Å². The number of rotatable bonds is 1. The molecule has 1 aromatic rings. The van der Waals surface area contributed by atoms with Gasteiger partial charge >= 0.3 is 0 Å². The smallest absolute Gasteiger partial charge is 0.0960 e. The van der Waals surface area contributed by atoms with Crippen molar-refractivity contribution in [1.82, 2.24) is 0 Å². The summed E-state index contributed by atoms with van der Waals surface area (Å²) in [4.78, 5) is 0. The first-order valence-electron chi connectivity index (χ1n) is 9.01. The number of aliphatic hydroxyl groups is 1. The van der Waals surface area contributed by atoms with Crippen molar-refractivity contribution in [2.45, 2.75) is 63.9 Å². The second-order valence-corrected chi connectivity index (χ2v) is 7.75. The first-order chi connectivity index (χ1) is 10.2. The lowest BCUT2D eigenvalue weighted by atomic mass is 9.70. The molecular formula is C20H28O. The van der Waals surface area contributed by atoms with Crippen molar-refractivity contribution in [3.05, 3.63) is 35.4 Å². The van der Waals surface area contributed by atoms with E-state index in [4.69, 9.17) is 0 Å². The predicted octanol–water partition coefficient (Wildman–Crippen LogP) is 4.81. The van der Waals surface area contributed by atoms with E-state index < -0.39 is 5.60 Å². The standard InChI is InChI=1S/C20H28O/c1-14-8-2-5-11-17(14)20(21)18-12-6-3-9-15(18)16-10-4-7-13-19(16)20/h2,5,8,11,15-16,18-19,21H,3-4,6-7,9-10,12-13H2,1H3/t15-,16+,18+,19-,20?. The second kappa shape index (κ2) is 5.12. The summed E-state index contributed by atoms with van der Waals surface area (Å²) in [5.74, 6) is 2.60. The molecule has 0 heterocycles. The van der Waals surface area contributed by atoms with Gasteiger partial charge in [0.05, 0.1) is 5.60 Å². The van der Waals surface area contributed by atoms with E-state index in [2.05, 4.69) is 31.2 Å². The van der Waals surface area contributed by atoms with Gasteiger partial charge in [-0.3, -0.25) is 0 Å². The lowest BCUT2D eigenvalue weighted by Gasteiger charge is -2.40. The quantitative estimate of drug-likeness (QED) is 0.784. The average molecular weight is 284 g/mol. The van der Waals surface area contributed by atoms with E-state index in [0.29, 0.717) is 11.8 Å². The Kier molecular flexibility index (Phi) is 3.37. The van der Waals surface area contributed by atoms with Gasteiger partial charge in [-0.05, 0) is 67.4 Å². The highest BCUT2D eigenvalue weighted by Crippen LogP contribution is 2.63. The van der Waals surface area contributed by atoms with Crippen molar-refractivity contribution in [2.24, 2.45) is 23.7 Å². The highest BCUT2D eigenvalue weighted by Gasteiger charge is 2.60. The molecule has 1 unspecified atom stereocenters. The van der Waals surface area contributed by atoms with E-state index in [1.165, 1.54) is 62.5 Å². The third kappa shape index (κ3) is 1.93. The van der Waals surface area contributed by atoms with Crippen LogP contribution in [0.4, 0.5) is 0 Å². The Labute approximate surface area is 128 Å². The highest BCUT2D eigenvalue weighted by molar-refractivity contribution is 5.35. The van der Waals surface area contributed by atoms with Crippen LogP contribution in [0, 0.1) is 30.6 Å². The summed E-state index contributed by atoms with van der Waals surface area (Å²) in [7, 11) is 0. The minimum atomic E-state index is -0.540. The number of benzene rings is 1. The molecule has 0 spiro atoms. The molecule has 21 heavy (non-hydrogen) atoms. The van der Waals surface area contributed by atoms with Crippen molar-refractivity contribution in [3.8, 4) is 0 Å². The summed E-state index contributed by atoms with van der Waals surface area (Å²) in [6.45, 7) is 2.18. The fourth-order valence-corrected chi connectivity index (χ4v) is 6.13. The molecule has 0 aromatic heterocycles.